The quantitative estimate of drug-likeness (QED) is 0.738. The first-order valence-corrected chi connectivity index (χ1v) is 8.61. The summed E-state index contributed by atoms with van der Waals surface area (Å²) < 4.78 is 5.26. The van der Waals surface area contributed by atoms with E-state index in [0.29, 0.717) is 0 Å². The first-order chi connectivity index (χ1) is 11.2. The van der Waals surface area contributed by atoms with Gasteiger partial charge in [0.25, 0.3) is 0 Å². The molecule has 0 saturated heterocycles. The van der Waals surface area contributed by atoms with Crippen LogP contribution in [0.15, 0.2) is 28.2 Å². The Labute approximate surface area is 139 Å². The summed E-state index contributed by atoms with van der Waals surface area (Å²) >= 11 is 1.68. The van der Waals surface area contributed by atoms with Gasteiger partial charge in [-0.25, -0.2) is 9.97 Å². The first-order valence-electron chi connectivity index (χ1n) is 7.73. The minimum atomic E-state index is 0.845. The molecule has 6 heteroatoms. The standard InChI is InChI=1S/C17H18N4OS/c1-11-14(12(2)22-20-11)10-21-6-5-15-13(9-21)8-18-17(19-15)16-4-3-7-23-16/h3-4,7-8H,5-6,9-10H2,1-2H3. The van der Waals surface area contributed by atoms with Crippen molar-refractivity contribution in [1.29, 1.82) is 0 Å². The summed E-state index contributed by atoms with van der Waals surface area (Å²) in [5, 5.41) is 6.10. The van der Waals surface area contributed by atoms with Gasteiger partial charge in [-0.2, -0.15) is 0 Å². The third kappa shape index (κ3) is 2.80. The molecule has 0 fully saturated rings. The van der Waals surface area contributed by atoms with Crippen molar-refractivity contribution in [2.75, 3.05) is 6.54 Å². The second-order valence-electron chi connectivity index (χ2n) is 5.91. The van der Waals surface area contributed by atoms with Crippen LogP contribution in [0.4, 0.5) is 0 Å². The Kier molecular flexibility index (Phi) is 3.71. The number of aromatic nitrogens is 3. The Bertz CT molecular complexity index is 806. The molecule has 4 heterocycles. The van der Waals surface area contributed by atoms with Crippen LogP contribution in [0.5, 0.6) is 0 Å². The minimum Gasteiger partial charge on any atom is -0.361 e. The highest BCUT2D eigenvalue weighted by atomic mass is 32.1. The van der Waals surface area contributed by atoms with E-state index in [1.165, 1.54) is 16.8 Å². The zero-order valence-corrected chi connectivity index (χ0v) is 14.1. The lowest BCUT2D eigenvalue weighted by Gasteiger charge is -2.27. The van der Waals surface area contributed by atoms with E-state index in [1.54, 1.807) is 11.3 Å². The summed E-state index contributed by atoms with van der Waals surface area (Å²) in [4.78, 5) is 12.8. The van der Waals surface area contributed by atoms with Gasteiger partial charge in [-0.15, -0.1) is 11.3 Å². The smallest absolute Gasteiger partial charge is 0.169 e. The van der Waals surface area contributed by atoms with Gasteiger partial charge < -0.3 is 4.52 Å². The van der Waals surface area contributed by atoms with Gasteiger partial charge in [0, 0.05) is 43.4 Å². The molecular weight excluding hydrogens is 308 g/mol. The van der Waals surface area contributed by atoms with E-state index in [0.717, 1.165) is 48.2 Å². The van der Waals surface area contributed by atoms with E-state index in [1.807, 2.05) is 26.1 Å². The SMILES string of the molecule is Cc1noc(C)c1CN1CCc2nc(-c3cccs3)ncc2C1. The van der Waals surface area contributed by atoms with Crippen LogP contribution in [-0.4, -0.2) is 26.6 Å². The van der Waals surface area contributed by atoms with Crippen molar-refractivity contribution in [3.63, 3.8) is 0 Å². The highest BCUT2D eigenvalue weighted by Crippen LogP contribution is 2.25. The zero-order chi connectivity index (χ0) is 15.8. The van der Waals surface area contributed by atoms with Crippen molar-refractivity contribution in [3.05, 3.63) is 52.0 Å². The molecule has 3 aromatic rings. The number of hydrogen-bond donors (Lipinski definition) is 0. The number of fused-ring (bicyclic) bond motifs is 1. The van der Waals surface area contributed by atoms with E-state index in [-0.39, 0.29) is 0 Å². The summed E-state index contributed by atoms with van der Waals surface area (Å²) in [7, 11) is 0. The monoisotopic (exact) mass is 326 g/mol. The van der Waals surface area contributed by atoms with Crippen LogP contribution < -0.4 is 0 Å². The Morgan fingerprint density at radius 2 is 2.26 bits per heavy atom. The average molecular weight is 326 g/mol. The van der Waals surface area contributed by atoms with Crippen LogP contribution in [0.1, 0.15) is 28.3 Å². The predicted molar refractivity (Wildman–Crippen MR) is 89.1 cm³/mol. The molecule has 0 aromatic carbocycles. The van der Waals surface area contributed by atoms with Crippen molar-refractivity contribution < 1.29 is 4.52 Å². The van der Waals surface area contributed by atoms with Gasteiger partial charge in [-0.05, 0) is 25.3 Å². The number of nitrogens with zero attached hydrogens (tertiary/aromatic N) is 4. The molecule has 118 valence electrons. The van der Waals surface area contributed by atoms with E-state index in [4.69, 9.17) is 9.51 Å². The molecule has 0 aliphatic carbocycles. The molecule has 4 rings (SSSR count). The van der Waals surface area contributed by atoms with Crippen LogP contribution >= 0.6 is 11.3 Å². The second-order valence-corrected chi connectivity index (χ2v) is 6.85. The van der Waals surface area contributed by atoms with Crippen LogP contribution in [0.2, 0.25) is 0 Å². The van der Waals surface area contributed by atoms with Crippen LogP contribution in [0.25, 0.3) is 10.7 Å². The van der Waals surface area contributed by atoms with E-state index in [9.17, 15) is 0 Å². The maximum Gasteiger partial charge on any atom is 0.169 e. The van der Waals surface area contributed by atoms with Crippen molar-refractivity contribution in [3.8, 4) is 10.7 Å². The average Bonchev–Trinajstić information content (AvgIpc) is 3.20. The third-order valence-electron chi connectivity index (χ3n) is 4.32. The fourth-order valence-corrected chi connectivity index (χ4v) is 3.65. The van der Waals surface area contributed by atoms with Crippen LogP contribution in [-0.2, 0) is 19.5 Å². The Balaban J connectivity index is 1.54. The fourth-order valence-electron chi connectivity index (χ4n) is 2.99. The number of aryl methyl sites for hydroxylation is 2. The van der Waals surface area contributed by atoms with Crippen LogP contribution in [0, 0.1) is 13.8 Å². The molecule has 5 nitrogen and oxygen atoms in total. The van der Waals surface area contributed by atoms with Gasteiger partial charge in [0.05, 0.1) is 16.3 Å². The van der Waals surface area contributed by atoms with Gasteiger partial charge >= 0.3 is 0 Å². The van der Waals surface area contributed by atoms with Crippen molar-refractivity contribution in [1.82, 2.24) is 20.0 Å². The van der Waals surface area contributed by atoms with Gasteiger partial charge in [0.1, 0.15) is 5.76 Å². The largest absolute Gasteiger partial charge is 0.361 e. The molecule has 0 atom stereocenters. The molecule has 3 aromatic heterocycles. The van der Waals surface area contributed by atoms with Gasteiger partial charge in [-0.3, -0.25) is 4.90 Å². The summed E-state index contributed by atoms with van der Waals surface area (Å²) in [5.41, 5.74) is 4.59. The minimum absolute atomic E-state index is 0.845. The molecule has 23 heavy (non-hydrogen) atoms. The second kappa shape index (κ2) is 5.86. The molecular formula is C17H18N4OS. The Morgan fingerprint density at radius 1 is 1.35 bits per heavy atom. The zero-order valence-electron chi connectivity index (χ0n) is 13.2. The maximum absolute atomic E-state index is 5.26. The Morgan fingerprint density at radius 3 is 3.00 bits per heavy atom. The molecule has 0 saturated carbocycles. The van der Waals surface area contributed by atoms with Crippen LogP contribution in [0.3, 0.4) is 0 Å². The highest BCUT2D eigenvalue weighted by Gasteiger charge is 2.21. The predicted octanol–water partition coefficient (Wildman–Crippen LogP) is 3.37. The molecule has 1 aliphatic heterocycles. The highest BCUT2D eigenvalue weighted by molar-refractivity contribution is 7.13. The summed E-state index contributed by atoms with van der Waals surface area (Å²) in [6, 6.07) is 4.10. The Hall–Kier alpha value is -2.05. The lowest BCUT2D eigenvalue weighted by molar-refractivity contribution is 0.241. The first kappa shape index (κ1) is 14.5. The van der Waals surface area contributed by atoms with Crippen molar-refractivity contribution in [2.24, 2.45) is 0 Å². The van der Waals surface area contributed by atoms with E-state index < -0.39 is 0 Å². The molecule has 0 amide bonds. The van der Waals surface area contributed by atoms with Crippen molar-refractivity contribution >= 4 is 11.3 Å². The van der Waals surface area contributed by atoms with Gasteiger partial charge in [0.15, 0.2) is 5.82 Å². The molecule has 0 radical (unpaired) electrons. The lowest BCUT2D eigenvalue weighted by Crippen LogP contribution is -2.31. The lowest BCUT2D eigenvalue weighted by atomic mass is 10.1. The summed E-state index contributed by atoms with van der Waals surface area (Å²) in [5.74, 6) is 1.76. The molecule has 1 aliphatic rings. The third-order valence-corrected chi connectivity index (χ3v) is 5.18. The molecule has 0 spiro atoms. The summed E-state index contributed by atoms with van der Waals surface area (Å²) in [6.07, 6.45) is 2.94. The van der Waals surface area contributed by atoms with E-state index in [2.05, 4.69) is 26.5 Å². The van der Waals surface area contributed by atoms with Gasteiger partial charge in [-0.1, -0.05) is 11.2 Å². The molecule has 0 unspecified atom stereocenters. The molecule has 0 N–H and O–H groups in total. The number of rotatable bonds is 3. The van der Waals surface area contributed by atoms with Crippen molar-refractivity contribution in [2.45, 2.75) is 33.4 Å². The normalized spacial score (nSPS) is 14.9. The maximum atomic E-state index is 5.26. The van der Waals surface area contributed by atoms with E-state index >= 15 is 0 Å². The topological polar surface area (TPSA) is 55.1 Å². The van der Waals surface area contributed by atoms with Gasteiger partial charge in [0.2, 0.25) is 0 Å². The summed E-state index contributed by atoms with van der Waals surface area (Å²) in [6.45, 7) is 6.72. The number of hydrogen-bond acceptors (Lipinski definition) is 6. The fraction of sp³-hybridized carbons (Fsp3) is 0.353. The molecule has 0 bridgehead atoms. The number of thiophene rings is 1.